The van der Waals surface area contributed by atoms with Gasteiger partial charge in [0.25, 0.3) is 5.91 Å². The summed E-state index contributed by atoms with van der Waals surface area (Å²) >= 11 is 0. The molecular weight excluding hydrogens is 478 g/mol. The molecule has 2 aliphatic carbocycles. The maximum Gasteiger partial charge on any atom is 0.416 e. The third-order valence-electron chi connectivity index (χ3n) is 6.31. The Hall–Kier alpha value is -3.09. The van der Waals surface area contributed by atoms with Crippen LogP contribution in [0.1, 0.15) is 54.1 Å². The van der Waals surface area contributed by atoms with Crippen molar-refractivity contribution in [1.82, 2.24) is 15.1 Å². The van der Waals surface area contributed by atoms with Gasteiger partial charge in [-0.3, -0.25) is 9.48 Å². The van der Waals surface area contributed by atoms with Crippen molar-refractivity contribution in [1.29, 1.82) is 5.41 Å². The van der Waals surface area contributed by atoms with Gasteiger partial charge in [-0.2, -0.15) is 31.4 Å². The van der Waals surface area contributed by atoms with Gasteiger partial charge in [-0.25, -0.2) is 0 Å². The first-order chi connectivity index (χ1) is 16.3. The highest BCUT2D eigenvalue weighted by Gasteiger charge is 2.49. The molecule has 190 valence electrons. The summed E-state index contributed by atoms with van der Waals surface area (Å²) in [5.41, 5.74) is 4.97. The maximum atomic E-state index is 13.4. The van der Waals surface area contributed by atoms with Crippen LogP contribution in [0.4, 0.5) is 37.8 Å². The van der Waals surface area contributed by atoms with Crippen LogP contribution in [0.5, 0.6) is 0 Å². The smallest absolute Gasteiger partial charge is 0.365 e. The molecule has 2 saturated carbocycles. The van der Waals surface area contributed by atoms with Gasteiger partial charge in [-0.05, 0) is 55.9 Å². The van der Waals surface area contributed by atoms with Crippen molar-refractivity contribution >= 4 is 23.1 Å². The number of anilines is 2. The number of hydrogen-bond acceptors (Lipinski definition) is 5. The number of hydrogen-bond donors (Lipinski definition) is 4. The van der Waals surface area contributed by atoms with Gasteiger partial charge in [0.15, 0.2) is 5.82 Å². The standard InChI is InChI=1S/C22H24F6N6O/c23-21(24,25)12-3-5-13(6-4-12)32-20-15(19(30)35)10-34(33-20)17-8-7-14(9-16(17)29)31-18(11-1-2-11)22(26,27)28/h3-6,10-11,14,17-18,29,31H,1-2,7-9H2,(H2,30,35)(H,32,33)/t14-,17+,18-/m1/s1. The second kappa shape index (κ2) is 9.17. The van der Waals surface area contributed by atoms with E-state index in [-0.39, 0.29) is 29.2 Å². The van der Waals surface area contributed by atoms with E-state index in [2.05, 4.69) is 15.7 Å². The van der Waals surface area contributed by atoms with Crippen LogP contribution < -0.4 is 16.4 Å². The minimum Gasteiger partial charge on any atom is -0.365 e. The lowest BCUT2D eigenvalue weighted by Crippen LogP contribution is -2.51. The Bertz CT molecular complexity index is 1090. The summed E-state index contributed by atoms with van der Waals surface area (Å²) in [7, 11) is 0. The number of carbonyl (C=O) groups is 1. The molecule has 35 heavy (non-hydrogen) atoms. The Morgan fingerprint density at radius 2 is 1.74 bits per heavy atom. The van der Waals surface area contributed by atoms with Crippen LogP contribution in [0, 0.1) is 11.3 Å². The average Bonchev–Trinajstić information content (AvgIpc) is 3.50. The molecule has 0 radical (unpaired) electrons. The van der Waals surface area contributed by atoms with Gasteiger partial charge in [0.1, 0.15) is 11.6 Å². The van der Waals surface area contributed by atoms with Gasteiger partial charge < -0.3 is 21.8 Å². The van der Waals surface area contributed by atoms with Crippen molar-refractivity contribution in [2.24, 2.45) is 11.7 Å². The Morgan fingerprint density at radius 3 is 2.26 bits per heavy atom. The van der Waals surface area contributed by atoms with Crippen molar-refractivity contribution < 1.29 is 31.1 Å². The number of nitrogens with zero attached hydrogens (tertiary/aromatic N) is 2. The molecule has 1 amide bonds. The molecule has 0 bridgehead atoms. The Labute approximate surface area is 196 Å². The number of carbonyl (C=O) groups excluding carboxylic acids is 1. The summed E-state index contributed by atoms with van der Waals surface area (Å²) in [4.78, 5) is 11.9. The van der Waals surface area contributed by atoms with Gasteiger partial charge in [0, 0.05) is 30.1 Å². The van der Waals surface area contributed by atoms with Crippen molar-refractivity contribution in [3.63, 3.8) is 0 Å². The van der Waals surface area contributed by atoms with Gasteiger partial charge in [0.05, 0.1) is 11.6 Å². The van der Waals surface area contributed by atoms with E-state index in [4.69, 9.17) is 11.1 Å². The molecule has 5 N–H and O–H groups in total. The van der Waals surface area contributed by atoms with E-state index >= 15 is 0 Å². The first kappa shape index (κ1) is 25.0. The lowest BCUT2D eigenvalue weighted by molar-refractivity contribution is -0.162. The zero-order chi connectivity index (χ0) is 25.5. The normalized spacial score (nSPS) is 22.2. The molecule has 0 unspecified atom stereocenters. The first-order valence-corrected chi connectivity index (χ1v) is 11.1. The van der Waals surface area contributed by atoms with Crippen LogP contribution in [0.25, 0.3) is 0 Å². The molecule has 2 aromatic rings. The van der Waals surface area contributed by atoms with E-state index in [9.17, 15) is 31.1 Å². The molecule has 0 spiro atoms. The zero-order valence-corrected chi connectivity index (χ0v) is 18.4. The number of rotatable bonds is 7. The molecule has 2 fully saturated rings. The summed E-state index contributed by atoms with van der Waals surface area (Å²) in [6, 6.07) is 1.46. The predicted octanol–water partition coefficient (Wildman–Crippen LogP) is 4.79. The predicted molar refractivity (Wildman–Crippen MR) is 116 cm³/mol. The number of nitrogens with one attached hydrogen (secondary N) is 3. The summed E-state index contributed by atoms with van der Waals surface area (Å²) < 4.78 is 79.8. The Morgan fingerprint density at radius 1 is 1.09 bits per heavy atom. The van der Waals surface area contributed by atoms with E-state index in [1.54, 1.807) is 0 Å². The van der Waals surface area contributed by atoms with E-state index in [1.807, 2.05) is 0 Å². The molecule has 0 aliphatic heterocycles. The Kier molecular flexibility index (Phi) is 6.56. The molecule has 3 atom stereocenters. The summed E-state index contributed by atoms with van der Waals surface area (Å²) in [5, 5.41) is 18.1. The lowest BCUT2D eigenvalue weighted by Gasteiger charge is -2.33. The van der Waals surface area contributed by atoms with E-state index < -0.39 is 47.9 Å². The molecular formula is C22H24F6N6O. The molecule has 4 rings (SSSR count). The van der Waals surface area contributed by atoms with E-state index in [1.165, 1.54) is 23.0 Å². The summed E-state index contributed by atoms with van der Waals surface area (Å²) in [6.45, 7) is 0. The van der Waals surface area contributed by atoms with Gasteiger partial charge in [-0.15, -0.1) is 0 Å². The van der Waals surface area contributed by atoms with Crippen LogP contribution in [0.15, 0.2) is 30.5 Å². The van der Waals surface area contributed by atoms with Crippen molar-refractivity contribution in [3.8, 4) is 0 Å². The fourth-order valence-corrected chi connectivity index (χ4v) is 4.36. The monoisotopic (exact) mass is 502 g/mol. The molecule has 2 aliphatic rings. The minimum absolute atomic E-state index is 0.0103. The van der Waals surface area contributed by atoms with Crippen molar-refractivity contribution in [2.45, 2.75) is 62.6 Å². The van der Waals surface area contributed by atoms with Crippen molar-refractivity contribution in [2.75, 3.05) is 5.32 Å². The third kappa shape index (κ3) is 5.77. The maximum absolute atomic E-state index is 13.4. The van der Waals surface area contributed by atoms with Gasteiger partial charge >= 0.3 is 12.4 Å². The lowest BCUT2D eigenvalue weighted by atomic mass is 9.88. The molecule has 1 heterocycles. The number of nitrogens with two attached hydrogens (primary N) is 1. The second-order valence-corrected chi connectivity index (χ2v) is 8.98. The van der Waals surface area contributed by atoms with Gasteiger partial charge in [-0.1, -0.05) is 0 Å². The molecule has 0 saturated heterocycles. The van der Waals surface area contributed by atoms with Crippen LogP contribution in [0.2, 0.25) is 0 Å². The highest BCUT2D eigenvalue weighted by molar-refractivity contribution is 5.98. The second-order valence-electron chi connectivity index (χ2n) is 8.98. The zero-order valence-electron chi connectivity index (χ0n) is 18.4. The summed E-state index contributed by atoms with van der Waals surface area (Å²) in [6.07, 6.45) is -5.65. The number of benzene rings is 1. The number of halogens is 6. The quantitative estimate of drug-likeness (QED) is 0.409. The summed E-state index contributed by atoms with van der Waals surface area (Å²) in [5.74, 6) is -1.24. The third-order valence-corrected chi connectivity index (χ3v) is 6.31. The molecule has 13 heteroatoms. The molecule has 1 aromatic carbocycles. The fourth-order valence-electron chi connectivity index (χ4n) is 4.36. The number of alkyl halides is 6. The Balaban J connectivity index is 1.46. The van der Waals surface area contributed by atoms with Crippen LogP contribution >= 0.6 is 0 Å². The average molecular weight is 502 g/mol. The molecule has 1 aromatic heterocycles. The van der Waals surface area contributed by atoms with Crippen LogP contribution in [0.3, 0.4) is 0 Å². The number of primary amides is 1. The number of amides is 1. The van der Waals surface area contributed by atoms with Crippen LogP contribution in [-0.4, -0.2) is 39.7 Å². The first-order valence-electron chi connectivity index (χ1n) is 11.1. The van der Waals surface area contributed by atoms with Crippen LogP contribution in [-0.2, 0) is 6.18 Å². The highest BCUT2D eigenvalue weighted by Crippen LogP contribution is 2.41. The SMILES string of the molecule is N=C1C[C@H](N[C@H](C2CC2)C(F)(F)F)CC[C@@H]1n1cc(C(N)=O)c(Nc2ccc(C(F)(F)F)cc2)n1. The fraction of sp³-hybridized carbons (Fsp3) is 0.500. The molecule has 7 nitrogen and oxygen atoms in total. The highest BCUT2D eigenvalue weighted by atomic mass is 19.4. The van der Waals surface area contributed by atoms with Crippen molar-refractivity contribution in [3.05, 3.63) is 41.6 Å². The number of aromatic nitrogens is 2. The topological polar surface area (TPSA) is 109 Å². The van der Waals surface area contributed by atoms with E-state index in [0.29, 0.717) is 25.7 Å². The largest absolute Gasteiger partial charge is 0.416 e. The minimum atomic E-state index is -4.49. The van der Waals surface area contributed by atoms with Gasteiger partial charge in [0.2, 0.25) is 0 Å². The van der Waals surface area contributed by atoms with E-state index in [0.717, 1.165) is 12.1 Å².